The summed E-state index contributed by atoms with van der Waals surface area (Å²) >= 11 is 0. The van der Waals surface area contributed by atoms with Gasteiger partial charge in [-0.3, -0.25) is 14.4 Å². The van der Waals surface area contributed by atoms with Crippen LogP contribution < -0.4 is 10.1 Å². The Morgan fingerprint density at radius 2 is 1.65 bits per heavy atom. The van der Waals surface area contributed by atoms with Crippen LogP contribution in [0.15, 0.2) is 24.3 Å². The minimum Gasteiger partial charge on any atom is -0.484 e. The van der Waals surface area contributed by atoms with E-state index in [0.29, 0.717) is 56.9 Å². The second-order valence-corrected chi connectivity index (χ2v) is 9.58. The number of carbonyl (C=O) groups excluding carboxylic acids is 3. The number of carbonyl (C=O) groups is 3. The molecule has 3 aliphatic heterocycles. The third kappa shape index (κ3) is 4.02. The molecule has 1 spiro atoms. The van der Waals surface area contributed by atoms with Crippen LogP contribution in [0.25, 0.3) is 0 Å². The normalized spacial score (nSPS) is 25.7. The Hall–Kier alpha value is -2.57. The SMILES string of the molecule is O=C1CC2(CCN(C(=O)C3CCN(C(=O)C4CCCC4)C3)CC2)Oc2ccccc2N1. The number of hydrogen-bond acceptors (Lipinski definition) is 4. The summed E-state index contributed by atoms with van der Waals surface area (Å²) in [6.07, 6.45) is 6.62. The summed E-state index contributed by atoms with van der Waals surface area (Å²) in [5.74, 6) is 1.13. The Labute approximate surface area is 183 Å². The number of benzene rings is 1. The topological polar surface area (TPSA) is 79.0 Å². The van der Waals surface area contributed by atoms with E-state index < -0.39 is 5.60 Å². The molecule has 1 atom stereocenters. The Kier molecular flexibility index (Phi) is 5.36. The third-order valence-electron chi connectivity index (χ3n) is 7.51. The molecular formula is C24H31N3O4. The van der Waals surface area contributed by atoms with E-state index in [1.54, 1.807) is 0 Å². The lowest BCUT2D eigenvalue weighted by Gasteiger charge is -2.41. The Morgan fingerprint density at radius 3 is 2.42 bits per heavy atom. The molecule has 166 valence electrons. The second-order valence-electron chi connectivity index (χ2n) is 9.58. The number of anilines is 1. The van der Waals surface area contributed by atoms with Gasteiger partial charge in [0.1, 0.15) is 11.4 Å². The number of ether oxygens (including phenoxy) is 1. The average Bonchev–Trinajstić information content (AvgIpc) is 3.45. The Bertz CT molecular complexity index is 871. The van der Waals surface area contributed by atoms with E-state index in [2.05, 4.69) is 5.32 Å². The molecule has 7 heteroatoms. The van der Waals surface area contributed by atoms with Crippen molar-refractivity contribution in [3.63, 3.8) is 0 Å². The highest BCUT2D eigenvalue weighted by Gasteiger charge is 2.44. The molecule has 0 aromatic heterocycles. The number of amides is 3. The number of likely N-dealkylation sites (tertiary alicyclic amines) is 2. The van der Waals surface area contributed by atoms with Crippen LogP contribution in [0.3, 0.4) is 0 Å². The number of fused-ring (bicyclic) bond motifs is 1. The molecule has 0 radical (unpaired) electrons. The van der Waals surface area contributed by atoms with Gasteiger partial charge in [0.2, 0.25) is 17.7 Å². The van der Waals surface area contributed by atoms with Gasteiger partial charge in [0, 0.05) is 44.9 Å². The first-order valence-corrected chi connectivity index (χ1v) is 11.7. The molecule has 3 amide bonds. The molecule has 1 unspecified atom stereocenters. The molecule has 7 nitrogen and oxygen atoms in total. The van der Waals surface area contributed by atoms with E-state index in [-0.39, 0.29) is 29.6 Å². The standard InChI is InChI=1S/C24H31N3O4/c28-21-15-24(31-20-8-4-3-7-19(20)25-21)10-13-26(14-11-24)23(30)18-9-12-27(16-18)22(29)17-5-1-2-6-17/h3-4,7-8,17-18H,1-2,5-6,9-16H2,(H,25,28). The molecule has 1 aromatic rings. The highest BCUT2D eigenvalue weighted by molar-refractivity contribution is 5.94. The molecule has 4 aliphatic rings. The predicted octanol–water partition coefficient (Wildman–Crippen LogP) is 2.81. The lowest BCUT2D eigenvalue weighted by atomic mass is 9.87. The highest BCUT2D eigenvalue weighted by Crippen LogP contribution is 2.39. The lowest BCUT2D eigenvalue weighted by Crippen LogP contribution is -2.52. The molecule has 31 heavy (non-hydrogen) atoms. The summed E-state index contributed by atoms with van der Waals surface area (Å²) in [7, 11) is 0. The summed E-state index contributed by atoms with van der Waals surface area (Å²) in [5.41, 5.74) is 0.147. The van der Waals surface area contributed by atoms with Crippen molar-refractivity contribution >= 4 is 23.4 Å². The van der Waals surface area contributed by atoms with Crippen molar-refractivity contribution in [2.75, 3.05) is 31.5 Å². The highest BCUT2D eigenvalue weighted by atomic mass is 16.5. The summed E-state index contributed by atoms with van der Waals surface area (Å²) in [6, 6.07) is 7.52. The first-order chi connectivity index (χ1) is 15.0. The van der Waals surface area contributed by atoms with Crippen molar-refractivity contribution in [1.82, 2.24) is 9.80 Å². The smallest absolute Gasteiger partial charge is 0.228 e. The molecule has 2 saturated heterocycles. The number of para-hydroxylation sites is 2. The van der Waals surface area contributed by atoms with E-state index in [9.17, 15) is 14.4 Å². The molecular weight excluding hydrogens is 394 g/mol. The summed E-state index contributed by atoms with van der Waals surface area (Å²) in [6.45, 7) is 2.42. The van der Waals surface area contributed by atoms with E-state index in [0.717, 1.165) is 32.1 Å². The van der Waals surface area contributed by atoms with Crippen LogP contribution in [0, 0.1) is 11.8 Å². The van der Waals surface area contributed by atoms with E-state index in [1.165, 1.54) is 0 Å². The summed E-state index contributed by atoms with van der Waals surface area (Å²) in [4.78, 5) is 42.1. The van der Waals surface area contributed by atoms with Gasteiger partial charge in [0.15, 0.2) is 0 Å². The van der Waals surface area contributed by atoms with Gasteiger partial charge in [-0.25, -0.2) is 0 Å². The third-order valence-corrected chi connectivity index (χ3v) is 7.51. The summed E-state index contributed by atoms with van der Waals surface area (Å²) in [5, 5.41) is 2.93. The minimum absolute atomic E-state index is 0.0402. The number of nitrogens with zero attached hydrogens (tertiary/aromatic N) is 2. The number of nitrogens with one attached hydrogen (secondary N) is 1. The zero-order chi connectivity index (χ0) is 21.4. The number of hydrogen-bond donors (Lipinski definition) is 1. The minimum atomic E-state index is -0.562. The van der Waals surface area contributed by atoms with Crippen molar-refractivity contribution in [3.05, 3.63) is 24.3 Å². The quantitative estimate of drug-likeness (QED) is 0.790. The molecule has 1 aromatic carbocycles. The van der Waals surface area contributed by atoms with Gasteiger partial charge in [-0.2, -0.15) is 0 Å². The second kappa shape index (κ2) is 8.17. The fraction of sp³-hybridized carbons (Fsp3) is 0.625. The Morgan fingerprint density at radius 1 is 0.935 bits per heavy atom. The molecule has 5 rings (SSSR count). The first-order valence-electron chi connectivity index (χ1n) is 11.7. The zero-order valence-corrected chi connectivity index (χ0v) is 18.0. The molecule has 0 bridgehead atoms. The van der Waals surface area contributed by atoms with Crippen LogP contribution in [0.2, 0.25) is 0 Å². The molecule has 1 N–H and O–H groups in total. The van der Waals surface area contributed by atoms with Gasteiger partial charge >= 0.3 is 0 Å². The predicted molar refractivity (Wildman–Crippen MR) is 116 cm³/mol. The Balaban J connectivity index is 1.19. The summed E-state index contributed by atoms with van der Waals surface area (Å²) < 4.78 is 6.34. The van der Waals surface area contributed by atoms with Crippen molar-refractivity contribution in [2.45, 2.75) is 57.0 Å². The van der Waals surface area contributed by atoms with Gasteiger partial charge in [0.05, 0.1) is 18.0 Å². The zero-order valence-electron chi connectivity index (χ0n) is 18.0. The van der Waals surface area contributed by atoms with Gasteiger partial charge in [0.25, 0.3) is 0 Å². The van der Waals surface area contributed by atoms with Gasteiger partial charge in [-0.1, -0.05) is 25.0 Å². The van der Waals surface area contributed by atoms with Gasteiger partial charge < -0.3 is 19.9 Å². The van der Waals surface area contributed by atoms with Crippen molar-refractivity contribution < 1.29 is 19.1 Å². The monoisotopic (exact) mass is 425 g/mol. The van der Waals surface area contributed by atoms with E-state index >= 15 is 0 Å². The average molecular weight is 426 g/mol. The maximum Gasteiger partial charge on any atom is 0.228 e. The first kappa shape index (κ1) is 20.3. The molecule has 1 aliphatic carbocycles. The van der Waals surface area contributed by atoms with E-state index in [4.69, 9.17) is 4.74 Å². The number of piperidine rings is 1. The van der Waals surface area contributed by atoms with Crippen LogP contribution in [-0.4, -0.2) is 59.3 Å². The van der Waals surface area contributed by atoms with Crippen LogP contribution in [0.4, 0.5) is 5.69 Å². The van der Waals surface area contributed by atoms with Crippen molar-refractivity contribution in [2.24, 2.45) is 11.8 Å². The maximum absolute atomic E-state index is 13.2. The van der Waals surface area contributed by atoms with Crippen LogP contribution in [0.5, 0.6) is 5.75 Å². The van der Waals surface area contributed by atoms with Crippen LogP contribution in [0.1, 0.15) is 51.4 Å². The van der Waals surface area contributed by atoms with Crippen molar-refractivity contribution in [1.29, 1.82) is 0 Å². The fourth-order valence-corrected chi connectivity index (χ4v) is 5.68. The molecule has 3 fully saturated rings. The van der Waals surface area contributed by atoms with Crippen molar-refractivity contribution in [3.8, 4) is 5.75 Å². The van der Waals surface area contributed by atoms with Gasteiger partial charge in [-0.05, 0) is 31.4 Å². The van der Waals surface area contributed by atoms with E-state index in [1.807, 2.05) is 34.1 Å². The largest absolute Gasteiger partial charge is 0.484 e. The molecule has 3 heterocycles. The fourth-order valence-electron chi connectivity index (χ4n) is 5.68. The van der Waals surface area contributed by atoms with Crippen LogP contribution in [-0.2, 0) is 14.4 Å². The molecule has 1 saturated carbocycles. The maximum atomic E-state index is 13.2. The van der Waals surface area contributed by atoms with Gasteiger partial charge in [-0.15, -0.1) is 0 Å². The number of rotatable bonds is 2. The van der Waals surface area contributed by atoms with Crippen LogP contribution >= 0.6 is 0 Å². The lowest BCUT2D eigenvalue weighted by molar-refractivity contribution is -0.139.